The highest BCUT2D eigenvalue weighted by atomic mass is 32.2. The second kappa shape index (κ2) is 13.8. The van der Waals surface area contributed by atoms with Gasteiger partial charge in [-0.15, -0.1) is 0 Å². The zero-order chi connectivity index (χ0) is 24.9. The molecule has 0 bridgehead atoms. The van der Waals surface area contributed by atoms with Crippen LogP contribution in [0.2, 0.25) is 0 Å². The Balaban J connectivity index is 0.000000349. The topological polar surface area (TPSA) is 123 Å². The van der Waals surface area contributed by atoms with Gasteiger partial charge in [0.15, 0.2) is 0 Å². The molecule has 204 valence electrons. The van der Waals surface area contributed by atoms with Crippen molar-refractivity contribution < 1.29 is 46.2 Å². The summed E-state index contributed by atoms with van der Waals surface area (Å²) >= 11 is 0. The third-order valence-electron chi connectivity index (χ3n) is 5.50. The number of rotatable bonds is 6. The third-order valence-corrected chi connectivity index (χ3v) is 6.06. The summed E-state index contributed by atoms with van der Waals surface area (Å²) in [7, 11) is -3.59. The zero-order valence-corrected chi connectivity index (χ0v) is 19.4. The molecule has 4 rings (SSSR count). The Morgan fingerprint density at radius 3 is 1.78 bits per heavy atom. The minimum Gasteiger partial charge on any atom is -0.487 e. The summed E-state index contributed by atoms with van der Waals surface area (Å²) in [5.41, 5.74) is 1.56. The van der Waals surface area contributed by atoms with Crippen molar-refractivity contribution in [1.29, 1.82) is 0 Å². The lowest BCUT2D eigenvalue weighted by atomic mass is 9.99. The molecule has 8 nitrogen and oxygen atoms in total. The van der Waals surface area contributed by atoms with Gasteiger partial charge in [-0.25, -0.2) is 8.78 Å². The molecule has 3 N–H and O–H groups in total. The first kappa shape index (κ1) is 31.7. The molecular weight excluding hydrogens is 498 g/mol. The molecule has 2 aliphatic heterocycles. The van der Waals surface area contributed by atoms with Gasteiger partial charge in [0.25, 0.3) is 10.1 Å². The molecule has 2 aromatic rings. The highest BCUT2D eigenvalue weighted by Gasteiger charge is 2.28. The van der Waals surface area contributed by atoms with Gasteiger partial charge in [0.05, 0.1) is 19.5 Å². The van der Waals surface area contributed by atoms with E-state index in [1.54, 1.807) is 6.07 Å². The molecule has 0 saturated heterocycles. The molecule has 4 unspecified atom stereocenters. The SMILES string of the molecule is C.C.CS(=O)(=O)OCC(O)C1CCc2cc(F)ccc2O1.OCC(O)C1CCc2cc(F)ccc2O1. The van der Waals surface area contributed by atoms with Crippen molar-refractivity contribution >= 4 is 10.1 Å². The summed E-state index contributed by atoms with van der Waals surface area (Å²) < 4.78 is 63.1. The van der Waals surface area contributed by atoms with Gasteiger partial charge < -0.3 is 24.8 Å². The molecule has 0 radical (unpaired) electrons. The van der Waals surface area contributed by atoms with Crippen LogP contribution in [0, 0.1) is 11.6 Å². The van der Waals surface area contributed by atoms with Crippen molar-refractivity contribution in [3.63, 3.8) is 0 Å². The van der Waals surface area contributed by atoms with Crippen LogP contribution < -0.4 is 9.47 Å². The number of fused-ring (bicyclic) bond motifs is 2. The summed E-state index contributed by atoms with van der Waals surface area (Å²) in [6.45, 7) is -0.665. The normalized spacial score (nSPS) is 19.8. The lowest BCUT2D eigenvalue weighted by Gasteiger charge is -2.29. The van der Waals surface area contributed by atoms with E-state index >= 15 is 0 Å². The van der Waals surface area contributed by atoms with E-state index in [4.69, 9.17) is 14.6 Å². The second-order valence-electron chi connectivity index (χ2n) is 8.20. The Bertz CT molecular complexity index is 1080. The molecule has 4 atom stereocenters. The number of aryl methyl sites for hydroxylation is 2. The maximum atomic E-state index is 13.0. The van der Waals surface area contributed by atoms with Crippen LogP contribution in [0.3, 0.4) is 0 Å². The molecule has 11 heteroatoms. The van der Waals surface area contributed by atoms with Gasteiger partial charge in [0, 0.05) is 0 Å². The maximum absolute atomic E-state index is 13.0. The van der Waals surface area contributed by atoms with Crippen LogP contribution in [0.1, 0.15) is 38.8 Å². The highest BCUT2D eigenvalue weighted by Crippen LogP contribution is 2.30. The van der Waals surface area contributed by atoms with Gasteiger partial charge in [-0.2, -0.15) is 8.42 Å². The van der Waals surface area contributed by atoms with E-state index < -0.39 is 34.5 Å². The number of aliphatic hydroxyl groups is 3. The van der Waals surface area contributed by atoms with E-state index in [2.05, 4.69) is 4.18 Å². The highest BCUT2D eigenvalue weighted by molar-refractivity contribution is 7.85. The first-order valence-electron chi connectivity index (χ1n) is 10.8. The van der Waals surface area contributed by atoms with Gasteiger partial charge in [-0.3, -0.25) is 4.18 Å². The molecular formula is C25H36F2O8S. The average molecular weight is 535 g/mol. The number of aliphatic hydroxyl groups excluding tert-OH is 3. The second-order valence-corrected chi connectivity index (χ2v) is 9.84. The van der Waals surface area contributed by atoms with E-state index in [9.17, 15) is 27.4 Å². The van der Waals surface area contributed by atoms with Gasteiger partial charge >= 0.3 is 0 Å². The summed E-state index contributed by atoms with van der Waals surface area (Å²) in [6.07, 6.45) is 0.342. The molecule has 36 heavy (non-hydrogen) atoms. The van der Waals surface area contributed by atoms with E-state index in [1.165, 1.54) is 30.3 Å². The third kappa shape index (κ3) is 8.97. The van der Waals surface area contributed by atoms with E-state index in [0.29, 0.717) is 37.2 Å². The van der Waals surface area contributed by atoms with Gasteiger partial charge in [0.2, 0.25) is 0 Å². The molecule has 0 fully saturated rings. The Hall–Kier alpha value is -2.31. The fourth-order valence-electron chi connectivity index (χ4n) is 3.72. The first-order chi connectivity index (χ1) is 16.1. The molecule has 2 aromatic carbocycles. The first-order valence-corrected chi connectivity index (χ1v) is 12.6. The molecule has 0 saturated carbocycles. The summed E-state index contributed by atoms with van der Waals surface area (Å²) in [5, 5.41) is 28.0. The molecule has 0 amide bonds. The Kier molecular flexibility index (Phi) is 12.2. The van der Waals surface area contributed by atoms with Crippen molar-refractivity contribution in [1.82, 2.24) is 0 Å². The Morgan fingerprint density at radius 1 is 0.917 bits per heavy atom. The number of hydrogen-bond acceptors (Lipinski definition) is 8. The largest absolute Gasteiger partial charge is 0.487 e. The van der Waals surface area contributed by atoms with Crippen molar-refractivity contribution in [2.75, 3.05) is 19.5 Å². The van der Waals surface area contributed by atoms with E-state index in [0.717, 1.165) is 17.4 Å². The minimum atomic E-state index is -3.59. The van der Waals surface area contributed by atoms with Crippen LogP contribution in [-0.2, 0) is 27.1 Å². The molecule has 2 heterocycles. The number of hydrogen-bond donors (Lipinski definition) is 3. The quantitative estimate of drug-likeness (QED) is 0.484. The lowest BCUT2D eigenvalue weighted by molar-refractivity contribution is -0.00965. The molecule has 0 aliphatic carbocycles. The van der Waals surface area contributed by atoms with Crippen LogP contribution in [0.5, 0.6) is 11.5 Å². The molecule has 0 spiro atoms. The van der Waals surface area contributed by atoms with Crippen molar-refractivity contribution in [3.8, 4) is 11.5 Å². The summed E-state index contributed by atoms with van der Waals surface area (Å²) in [6, 6.07) is 8.50. The van der Waals surface area contributed by atoms with Crippen LogP contribution in [-0.4, -0.2) is 67.6 Å². The molecule has 2 aliphatic rings. The fourth-order valence-corrected chi connectivity index (χ4v) is 4.10. The zero-order valence-electron chi connectivity index (χ0n) is 18.6. The van der Waals surface area contributed by atoms with Crippen LogP contribution in [0.4, 0.5) is 8.78 Å². The molecule has 0 aromatic heterocycles. The fraction of sp³-hybridized carbons (Fsp3) is 0.520. The van der Waals surface area contributed by atoms with E-state index in [-0.39, 0.29) is 39.7 Å². The monoisotopic (exact) mass is 534 g/mol. The van der Waals surface area contributed by atoms with Crippen LogP contribution in [0.25, 0.3) is 0 Å². The lowest BCUT2D eigenvalue weighted by Crippen LogP contribution is -2.38. The standard InChI is InChI=1S/C12H15FO5S.C11H13FO3.2CH4/c1-19(15,16)17-7-10(14)12-4-2-8-6-9(13)3-5-11(8)18-12;12-8-2-4-10-7(5-8)1-3-11(15-10)9(14)6-13;;/h3,5-6,10,12,14H,2,4,7H2,1H3;2,4-5,9,11,13-14H,1,3,6H2;2*1H4. The maximum Gasteiger partial charge on any atom is 0.264 e. The Morgan fingerprint density at radius 2 is 1.36 bits per heavy atom. The smallest absolute Gasteiger partial charge is 0.264 e. The van der Waals surface area contributed by atoms with Crippen molar-refractivity contribution in [2.45, 2.75) is 65.0 Å². The minimum absolute atomic E-state index is 0. The van der Waals surface area contributed by atoms with Gasteiger partial charge in [-0.05, 0) is 73.2 Å². The van der Waals surface area contributed by atoms with Crippen LogP contribution >= 0.6 is 0 Å². The predicted molar refractivity (Wildman–Crippen MR) is 132 cm³/mol. The van der Waals surface area contributed by atoms with E-state index in [1.807, 2.05) is 0 Å². The average Bonchev–Trinajstić information content (AvgIpc) is 2.81. The van der Waals surface area contributed by atoms with Gasteiger partial charge in [0.1, 0.15) is 47.5 Å². The Labute approximate surface area is 211 Å². The summed E-state index contributed by atoms with van der Waals surface area (Å²) in [4.78, 5) is 0. The van der Waals surface area contributed by atoms with Crippen molar-refractivity contribution in [2.24, 2.45) is 0 Å². The van der Waals surface area contributed by atoms with Crippen molar-refractivity contribution in [3.05, 3.63) is 59.2 Å². The number of ether oxygens (including phenoxy) is 2. The predicted octanol–water partition coefficient (Wildman–Crippen LogP) is 3.00. The van der Waals surface area contributed by atoms with Gasteiger partial charge in [-0.1, -0.05) is 14.9 Å². The van der Waals surface area contributed by atoms with Crippen LogP contribution in [0.15, 0.2) is 36.4 Å². The number of benzene rings is 2. The number of halogens is 2. The summed E-state index contributed by atoms with van der Waals surface area (Å²) in [5.74, 6) is 0.497.